The van der Waals surface area contributed by atoms with Crippen LogP contribution in [0.25, 0.3) is 0 Å². The molecule has 1 aromatic rings. The first-order valence-corrected chi connectivity index (χ1v) is 3.53. The molecule has 62 valence electrons. The van der Waals surface area contributed by atoms with Crippen LogP contribution in [0.15, 0.2) is 16.7 Å². The van der Waals surface area contributed by atoms with Crippen LogP contribution in [-0.2, 0) is 82.5 Å². The summed E-state index contributed by atoms with van der Waals surface area (Å²) >= 11 is 1.42. The van der Waals surface area contributed by atoms with E-state index in [9.17, 15) is 0 Å². The van der Waals surface area contributed by atoms with Gasteiger partial charge in [-0.25, -0.2) is 0 Å². The van der Waals surface area contributed by atoms with E-state index in [2.05, 4.69) is 10.7 Å². The fourth-order valence-electron chi connectivity index (χ4n) is 0.307. The van der Waals surface area contributed by atoms with Gasteiger partial charge in [0.15, 0.2) is 0 Å². The van der Waals surface area contributed by atoms with Crippen LogP contribution in [0.3, 0.4) is 0 Å². The zero-order valence-electron chi connectivity index (χ0n) is 5.77. The van der Waals surface area contributed by atoms with Crippen molar-refractivity contribution in [3.63, 3.8) is 0 Å². The molecule has 0 bridgehead atoms. The van der Waals surface area contributed by atoms with Crippen molar-refractivity contribution in [1.29, 1.82) is 0 Å². The van der Waals surface area contributed by atoms with Gasteiger partial charge in [-0.2, -0.15) is 0 Å². The maximum atomic E-state index is 4.66. The Hall–Kier alpha value is 1.90. The first kappa shape index (κ1) is 23.1. The Morgan fingerprint density at radius 3 is 2.09 bits per heavy atom. The van der Waals surface area contributed by atoms with Gasteiger partial charge in [-0.05, 0) is 0 Å². The molecule has 1 nitrogen and oxygen atoms in total. The van der Waals surface area contributed by atoms with Gasteiger partial charge in [0.05, 0.1) is 0 Å². The Bertz CT molecular complexity index is 150. The molecule has 0 unspecified atom stereocenters. The van der Waals surface area contributed by atoms with Crippen molar-refractivity contribution in [3.05, 3.63) is 31.6 Å². The zero-order chi connectivity index (χ0) is 5.11. The summed E-state index contributed by atoms with van der Waals surface area (Å²) in [5, 5.41) is 0. The van der Waals surface area contributed by atoms with Crippen molar-refractivity contribution in [2.75, 3.05) is 0 Å². The topological polar surface area (TPSA) is 13.1 Å². The van der Waals surface area contributed by atoms with Gasteiger partial charge in [0.1, 0.15) is 0 Å². The molecular formula is C6H6OW4-2. The Morgan fingerprint density at radius 2 is 1.91 bits per heavy atom. The maximum absolute atomic E-state index is 4.66. The van der Waals surface area contributed by atoms with Gasteiger partial charge in [-0.1, -0.05) is 0 Å². The van der Waals surface area contributed by atoms with Gasteiger partial charge in [-0.15, -0.1) is 0 Å². The van der Waals surface area contributed by atoms with Gasteiger partial charge in [0, 0.05) is 63.2 Å². The van der Waals surface area contributed by atoms with E-state index in [1.165, 1.54) is 19.4 Å². The standard InChI is InChI=1S/C5H3O.CH3.4W/c1-5-2-3-6-4-5;;;;;/h1-3H;1H3;;;;/q2*-1;;;;. The second-order valence-corrected chi connectivity index (χ2v) is 1.94. The van der Waals surface area contributed by atoms with Crippen LogP contribution in [0.2, 0.25) is 0 Å². The molecule has 0 amide bonds. The van der Waals surface area contributed by atoms with E-state index in [-0.39, 0.29) is 70.6 Å². The predicted molar refractivity (Wildman–Crippen MR) is 29.1 cm³/mol. The molecule has 11 heavy (non-hydrogen) atoms. The summed E-state index contributed by atoms with van der Waals surface area (Å²) in [6, 6.07) is 1.88. The molecule has 0 fully saturated rings. The molecular weight excluding hydrogens is 823 g/mol. The van der Waals surface area contributed by atoms with E-state index < -0.39 is 0 Å². The molecule has 0 radical (unpaired) electrons. The molecule has 0 aliphatic carbocycles. The number of hydrogen-bond acceptors (Lipinski definition) is 1. The zero-order valence-corrected chi connectivity index (χ0v) is 17.5. The third-order valence-electron chi connectivity index (χ3n) is 0.619. The average molecular weight is 829 g/mol. The Labute approximate surface area is 121 Å². The quantitative estimate of drug-likeness (QED) is 0.389. The minimum atomic E-state index is 0. The normalized spacial score (nSPS) is 5.45. The number of hydrogen-bond donors (Lipinski definition) is 0. The van der Waals surface area contributed by atoms with Crippen molar-refractivity contribution < 1.29 is 87.0 Å². The summed E-state index contributed by atoms with van der Waals surface area (Å²) in [7, 11) is 0. The van der Waals surface area contributed by atoms with Crippen molar-refractivity contribution in [2.45, 2.75) is 0 Å². The van der Waals surface area contributed by atoms with Crippen molar-refractivity contribution in [3.8, 4) is 0 Å². The fraction of sp³-hybridized carbons (Fsp3) is 0. The average Bonchev–Trinajstić information content (AvgIpc) is 2.14. The summed E-state index contributed by atoms with van der Waals surface area (Å²) in [5.41, 5.74) is 1.05. The molecule has 0 atom stereocenters. The third kappa shape index (κ3) is 9.82. The van der Waals surface area contributed by atoms with Crippen LogP contribution in [0.1, 0.15) is 5.56 Å². The van der Waals surface area contributed by atoms with Crippen molar-refractivity contribution in [2.24, 2.45) is 0 Å². The van der Waals surface area contributed by atoms with E-state index in [0.717, 1.165) is 5.56 Å². The molecule has 0 saturated heterocycles. The Morgan fingerprint density at radius 1 is 1.36 bits per heavy atom. The van der Waals surface area contributed by atoms with E-state index in [0.29, 0.717) is 0 Å². The summed E-state index contributed by atoms with van der Waals surface area (Å²) in [5.74, 6) is 0. The third-order valence-corrected chi connectivity index (χ3v) is 1.53. The van der Waals surface area contributed by atoms with Crippen molar-refractivity contribution >= 4 is 4.40 Å². The molecule has 0 spiro atoms. The van der Waals surface area contributed by atoms with Crippen molar-refractivity contribution in [1.82, 2.24) is 0 Å². The van der Waals surface area contributed by atoms with Crippen LogP contribution in [0, 0.1) is 13.7 Å². The van der Waals surface area contributed by atoms with Gasteiger partial charge >= 0.3 is 52.3 Å². The van der Waals surface area contributed by atoms with Crippen LogP contribution in [0.5, 0.6) is 0 Å². The van der Waals surface area contributed by atoms with E-state index in [1.54, 1.807) is 6.26 Å². The van der Waals surface area contributed by atoms with Crippen LogP contribution in [-0.4, -0.2) is 4.40 Å². The van der Waals surface area contributed by atoms with Gasteiger partial charge < -0.3 is 7.43 Å². The molecule has 0 N–H and O–H groups in total. The second-order valence-electron chi connectivity index (χ2n) is 1.10. The molecule has 5 heteroatoms. The van der Waals surface area contributed by atoms with E-state index in [4.69, 9.17) is 0 Å². The molecule has 1 rings (SSSR count). The fourth-order valence-corrected chi connectivity index (χ4v) is 0.762. The van der Waals surface area contributed by atoms with Crippen LogP contribution in [0.4, 0.5) is 0 Å². The first-order valence-electron chi connectivity index (χ1n) is 1.84. The molecule has 0 saturated carbocycles. The van der Waals surface area contributed by atoms with Crippen LogP contribution < -0.4 is 0 Å². The van der Waals surface area contributed by atoms with E-state index in [1.807, 2.05) is 10.5 Å². The molecule has 1 heterocycles. The summed E-state index contributed by atoms with van der Waals surface area (Å²) in [6.07, 6.45) is 4.30. The van der Waals surface area contributed by atoms with Gasteiger partial charge in [0.2, 0.25) is 0 Å². The number of furan rings is 1. The molecule has 0 aliphatic heterocycles. The summed E-state index contributed by atoms with van der Waals surface area (Å²) in [4.78, 5) is 0. The Balaban J connectivity index is -0.0000000612. The predicted octanol–water partition coefficient (Wildman–Crippen LogP) is 1.22. The molecule has 1 aromatic heterocycles. The van der Waals surface area contributed by atoms with Gasteiger partial charge in [0.25, 0.3) is 0 Å². The SMILES string of the molecule is [CH3-].[W].[W].[W].[W]=[CH]c1[c-]occ1. The van der Waals surface area contributed by atoms with Crippen LogP contribution >= 0.6 is 0 Å². The molecule has 0 aliphatic rings. The summed E-state index contributed by atoms with van der Waals surface area (Å²) < 4.78 is 6.68. The van der Waals surface area contributed by atoms with E-state index >= 15 is 0 Å². The number of rotatable bonds is 1. The van der Waals surface area contributed by atoms with Gasteiger partial charge in [-0.3, -0.25) is 0 Å². The Kier molecular flexibility index (Phi) is 30.3. The summed E-state index contributed by atoms with van der Waals surface area (Å²) in [6.45, 7) is 0. The molecule has 0 aromatic carbocycles. The minimum absolute atomic E-state index is 0. The second kappa shape index (κ2) is 14.4. The monoisotopic (exact) mass is 830 g/mol. The first-order chi connectivity index (χ1) is 3.43.